The highest BCUT2D eigenvalue weighted by Crippen LogP contribution is 2.34. The van der Waals surface area contributed by atoms with Crippen LogP contribution in [0.25, 0.3) is 16.6 Å². The van der Waals surface area contributed by atoms with E-state index >= 15 is 0 Å². The summed E-state index contributed by atoms with van der Waals surface area (Å²) in [6.45, 7) is 0.313. The van der Waals surface area contributed by atoms with Gasteiger partial charge in [-0.15, -0.1) is 0 Å². The summed E-state index contributed by atoms with van der Waals surface area (Å²) in [5, 5.41) is 5.23. The fourth-order valence-corrected chi connectivity index (χ4v) is 3.44. The van der Waals surface area contributed by atoms with E-state index in [1.54, 1.807) is 30.1 Å². The molecule has 0 unspecified atom stereocenters. The number of halogens is 2. The summed E-state index contributed by atoms with van der Waals surface area (Å²) in [5.74, 6) is 0.470. The Bertz CT molecular complexity index is 1100. The monoisotopic (exact) mass is 426 g/mol. The van der Waals surface area contributed by atoms with Gasteiger partial charge in [0.2, 0.25) is 0 Å². The Morgan fingerprint density at radius 3 is 2.63 bits per heavy atom. The number of hydrogen-bond donors (Lipinski definition) is 0. The molecule has 0 fully saturated rings. The fourth-order valence-electron chi connectivity index (χ4n) is 2.94. The molecule has 27 heavy (non-hydrogen) atoms. The van der Waals surface area contributed by atoms with E-state index in [2.05, 4.69) is 21.0 Å². The van der Waals surface area contributed by atoms with E-state index in [0.717, 1.165) is 20.9 Å². The number of rotatable bonds is 5. The highest BCUT2D eigenvalue weighted by atomic mass is 79.9. The third-order valence-electron chi connectivity index (χ3n) is 4.26. The zero-order chi connectivity index (χ0) is 18.8. The van der Waals surface area contributed by atoms with Crippen LogP contribution in [0.15, 0.2) is 71.3 Å². The zero-order valence-electron chi connectivity index (χ0n) is 14.5. The molecule has 0 atom stereocenters. The topological polar surface area (TPSA) is 36.3 Å². The highest BCUT2D eigenvalue weighted by Gasteiger charge is 2.14. The van der Waals surface area contributed by atoms with Crippen molar-refractivity contribution in [1.82, 2.24) is 9.78 Å². The first-order chi connectivity index (χ1) is 13.2. The summed E-state index contributed by atoms with van der Waals surface area (Å²) in [4.78, 5) is 0. The molecule has 1 heterocycles. The van der Waals surface area contributed by atoms with Crippen molar-refractivity contribution in [2.75, 3.05) is 7.11 Å². The minimum atomic E-state index is -0.434. The standard InChI is InChI=1S/C21H16BrFN2O2/c1-26-21-16-12-24-25(19(16)9-8-17(21)22)15-7-10-20(18(23)11-15)27-13-14-5-3-2-4-6-14/h2-12H,13H2,1H3. The van der Waals surface area contributed by atoms with Crippen molar-refractivity contribution < 1.29 is 13.9 Å². The predicted octanol–water partition coefficient (Wildman–Crippen LogP) is 5.51. The normalized spacial score (nSPS) is 10.9. The Balaban J connectivity index is 1.64. The lowest BCUT2D eigenvalue weighted by molar-refractivity contribution is 0.290. The summed E-state index contributed by atoms with van der Waals surface area (Å²) in [5.41, 5.74) is 2.42. The Hall–Kier alpha value is -2.86. The van der Waals surface area contributed by atoms with Crippen LogP contribution in [0.4, 0.5) is 4.39 Å². The molecule has 6 heteroatoms. The molecule has 0 aliphatic rings. The van der Waals surface area contributed by atoms with Gasteiger partial charge in [0, 0.05) is 6.07 Å². The van der Waals surface area contributed by atoms with E-state index in [0.29, 0.717) is 18.0 Å². The summed E-state index contributed by atoms with van der Waals surface area (Å²) >= 11 is 3.46. The second kappa shape index (κ2) is 7.40. The van der Waals surface area contributed by atoms with Gasteiger partial charge in [-0.3, -0.25) is 0 Å². The number of aromatic nitrogens is 2. The molecule has 0 amide bonds. The van der Waals surface area contributed by atoms with Crippen molar-refractivity contribution in [2.24, 2.45) is 0 Å². The van der Waals surface area contributed by atoms with Crippen LogP contribution >= 0.6 is 15.9 Å². The summed E-state index contributed by atoms with van der Waals surface area (Å²) in [6, 6.07) is 18.3. The van der Waals surface area contributed by atoms with Gasteiger partial charge in [-0.05, 0) is 45.8 Å². The van der Waals surface area contributed by atoms with E-state index in [-0.39, 0.29) is 5.75 Å². The van der Waals surface area contributed by atoms with Crippen molar-refractivity contribution >= 4 is 26.8 Å². The number of hydrogen-bond acceptors (Lipinski definition) is 3. The van der Waals surface area contributed by atoms with Crippen LogP contribution < -0.4 is 9.47 Å². The maximum absolute atomic E-state index is 14.6. The number of benzene rings is 3. The quantitative estimate of drug-likeness (QED) is 0.421. The first-order valence-corrected chi connectivity index (χ1v) is 9.13. The van der Waals surface area contributed by atoms with Gasteiger partial charge in [0.25, 0.3) is 0 Å². The van der Waals surface area contributed by atoms with Crippen molar-refractivity contribution in [1.29, 1.82) is 0 Å². The Labute approximate surface area is 164 Å². The van der Waals surface area contributed by atoms with Gasteiger partial charge in [-0.1, -0.05) is 30.3 Å². The molecule has 0 N–H and O–H groups in total. The molecule has 0 aliphatic heterocycles. The van der Waals surface area contributed by atoms with Crippen LogP contribution in [0.2, 0.25) is 0 Å². The second-order valence-corrected chi connectivity index (χ2v) is 6.81. The molecular formula is C21H16BrFN2O2. The summed E-state index contributed by atoms with van der Waals surface area (Å²) in [7, 11) is 1.61. The first kappa shape index (κ1) is 17.5. The number of nitrogens with zero attached hydrogens (tertiary/aromatic N) is 2. The molecule has 0 saturated heterocycles. The van der Waals surface area contributed by atoms with Gasteiger partial charge in [-0.25, -0.2) is 9.07 Å². The Kier molecular flexibility index (Phi) is 4.81. The lowest BCUT2D eigenvalue weighted by Crippen LogP contribution is -2.00. The zero-order valence-corrected chi connectivity index (χ0v) is 16.1. The van der Waals surface area contributed by atoms with E-state index in [1.165, 1.54) is 6.07 Å². The molecular weight excluding hydrogens is 411 g/mol. The highest BCUT2D eigenvalue weighted by molar-refractivity contribution is 9.10. The van der Waals surface area contributed by atoms with Gasteiger partial charge in [-0.2, -0.15) is 5.10 Å². The van der Waals surface area contributed by atoms with Crippen LogP contribution in [0.5, 0.6) is 11.5 Å². The molecule has 0 spiro atoms. The van der Waals surface area contributed by atoms with Crippen LogP contribution in [-0.4, -0.2) is 16.9 Å². The van der Waals surface area contributed by atoms with Gasteiger partial charge in [0.05, 0.1) is 34.4 Å². The van der Waals surface area contributed by atoms with E-state index < -0.39 is 5.82 Å². The van der Waals surface area contributed by atoms with Gasteiger partial charge < -0.3 is 9.47 Å². The summed E-state index contributed by atoms with van der Waals surface area (Å²) < 4.78 is 28.1. The second-order valence-electron chi connectivity index (χ2n) is 5.96. The Morgan fingerprint density at radius 1 is 1.07 bits per heavy atom. The fraction of sp³-hybridized carbons (Fsp3) is 0.0952. The number of ether oxygens (including phenoxy) is 2. The first-order valence-electron chi connectivity index (χ1n) is 8.34. The molecule has 0 radical (unpaired) electrons. The average Bonchev–Trinajstić information content (AvgIpc) is 3.12. The number of methoxy groups -OCH3 is 1. The SMILES string of the molecule is COc1c(Br)ccc2c1cnn2-c1ccc(OCc2ccccc2)c(F)c1. The third kappa shape index (κ3) is 3.40. The molecule has 4 nitrogen and oxygen atoms in total. The average molecular weight is 427 g/mol. The van der Waals surface area contributed by atoms with E-state index in [4.69, 9.17) is 9.47 Å². The maximum atomic E-state index is 14.6. The summed E-state index contributed by atoms with van der Waals surface area (Å²) in [6.07, 6.45) is 1.71. The van der Waals surface area contributed by atoms with Crippen LogP contribution in [0.3, 0.4) is 0 Å². The molecule has 3 aromatic carbocycles. The molecule has 0 bridgehead atoms. The van der Waals surface area contributed by atoms with Crippen molar-refractivity contribution in [3.63, 3.8) is 0 Å². The molecule has 136 valence electrons. The maximum Gasteiger partial charge on any atom is 0.167 e. The lowest BCUT2D eigenvalue weighted by atomic mass is 10.2. The van der Waals surface area contributed by atoms with Gasteiger partial charge in [0.1, 0.15) is 12.4 Å². The molecule has 4 rings (SSSR count). The van der Waals surface area contributed by atoms with Crippen molar-refractivity contribution in [2.45, 2.75) is 6.61 Å². The van der Waals surface area contributed by atoms with Gasteiger partial charge >= 0.3 is 0 Å². The predicted molar refractivity (Wildman–Crippen MR) is 106 cm³/mol. The Morgan fingerprint density at radius 2 is 1.89 bits per heavy atom. The van der Waals surface area contributed by atoms with Crippen molar-refractivity contribution in [3.05, 3.63) is 82.7 Å². The van der Waals surface area contributed by atoms with Gasteiger partial charge in [0.15, 0.2) is 11.6 Å². The minimum absolute atomic E-state index is 0.208. The molecule has 0 saturated carbocycles. The minimum Gasteiger partial charge on any atom is -0.495 e. The largest absolute Gasteiger partial charge is 0.495 e. The van der Waals surface area contributed by atoms with Crippen molar-refractivity contribution in [3.8, 4) is 17.2 Å². The van der Waals surface area contributed by atoms with Crippen LogP contribution in [-0.2, 0) is 6.61 Å². The van der Waals surface area contributed by atoms with Crippen LogP contribution in [0, 0.1) is 5.82 Å². The van der Waals surface area contributed by atoms with E-state index in [9.17, 15) is 4.39 Å². The third-order valence-corrected chi connectivity index (χ3v) is 4.88. The number of fused-ring (bicyclic) bond motifs is 1. The lowest BCUT2D eigenvalue weighted by Gasteiger charge is -2.10. The molecule has 1 aromatic heterocycles. The van der Waals surface area contributed by atoms with E-state index in [1.807, 2.05) is 42.5 Å². The smallest absolute Gasteiger partial charge is 0.167 e. The molecule has 0 aliphatic carbocycles. The molecule has 4 aromatic rings. The van der Waals surface area contributed by atoms with Crippen LogP contribution in [0.1, 0.15) is 5.56 Å².